The number of hydrogen-bond acceptors (Lipinski definition) is 2. The van der Waals surface area contributed by atoms with E-state index in [1.165, 1.54) is 0 Å². The summed E-state index contributed by atoms with van der Waals surface area (Å²) in [6.07, 6.45) is 0.990. The summed E-state index contributed by atoms with van der Waals surface area (Å²) in [7, 11) is -2.83. The van der Waals surface area contributed by atoms with E-state index in [0.29, 0.717) is 0 Å². The van der Waals surface area contributed by atoms with Crippen molar-refractivity contribution in [3.8, 4) is 0 Å². The molecule has 0 fully saturated rings. The molecule has 0 amide bonds. The summed E-state index contributed by atoms with van der Waals surface area (Å²) in [5.74, 6) is 0. The summed E-state index contributed by atoms with van der Waals surface area (Å²) < 4.78 is 21.7. The molecule has 0 radical (unpaired) electrons. The van der Waals surface area contributed by atoms with Crippen LogP contribution >= 0.6 is 0 Å². The first kappa shape index (κ1) is 20.3. The van der Waals surface area contributed by atoms with Crippen molar-refractivity contribution in [2.45, 2.75) is 96.8 Å². The molecule has 0 aromatic carbocycles. The summed E-state index contributed by atoms with van der Waals surface area (Å²) in [6.45, 7) is 21.4. The van der Waals surface area contributed by atoms with Crippen LogP contribution in [0.25, 0.3) is 0 Å². The quantitative estimate of drug-likeness (QED) is 0.744. The monoisotopic (exact) mass is 321 g/mol. The molecule has 0 saturated heterocycles. The van der Waals surface area contributed by atoms with Crippen LogP contribution in [0, 0.1) is 0 Å². The summed E-state index contributed by atoms with van der Waals surface area (Å²) in [6, 6.07) is 0.129. The molecule has 5 heteroatoms. The Morgan fingerprint density at radius 3 is 1.90 bits per heavy atom. The van der Waals surface area contributed by atoms with Crippen molar-refractivity contribution in [1.82, 2.24) is 4.72 Å². The van der Waals surface area contributed by atoms with Gasteiger partial charge in [0.1, 0.15) is 0 Å². The molecule has 0 bridgehead atoms. The predicted octanol–water partition coefficient (Wildman–Crippen LogP) is 4.23. The van der Waals surface area contributed by atoms with Gasteiger partial charge in [0.25, 0.3) is 0 Å². The topological polar surface area (TPSA) is 38.3 Å². The smallest absolute Gasteiger partial charge is 0.192 e. The summed E-state index contributed by atoms with van der Waals surface area (Å²) in [5, 5.41) is 0.197. The Hall–Kier alpha value is 0.287. The maximum Gasteiger partial charge on any atom is 0.192 e. The lowest BCUT2D eigenvalue weighted by Crippen LogP contribution is -2.51. The molecule has 0 saturated carbocycles. The third kappa shape index (κ3) is 5.96. The van der Waals surface area contributed by atoms with Crippen LogP contribution in [-0.4, -0.2) is 29.4 Å². The first-order valence-electron chi connectivity index (χ1n) is 7.58. The Balaban J connectivity index is 4.81. The van der Waals surface area contributed by atoms with E-state index in [4.69, 9.17) is 4.43 Å². The van der Waals surface area contributed by atoms with E-state index in [9.17, 15) is 4.21 Å². The van der Waals surface area contributed by atoms with Gasteiger partial charge in [0, 0.05) is 6.04 Å². The molecule has 0 aromatic heterocycles. The minimum Gasteiger partial charge on any atom is -0.413 e. The van der Waals surface area contributed by atoms with Crippen molar-refractivity contribution in [3.63, 3.8) is 0 Å². The third-order valence-corrected chi connectivity index (χ3v) is 10.3. The minimum atomic E-state index is -1.78. The highest BCUT2D eigenvalue weighted by atomic mass is 32.2. The van der Waals surface area contributed by atoms with E-state index in [0.717, 1.165) is 6.42 Å². The van der Waals surface area contributed by atoms with Gasteiger partial charge in [-0.05, 0) is 52.2 Å². The summed E-state index contributed by atoms with van der Waals surface area (Å²) in [4.78, 5) is 0. The second-order valence-corrected chi connectivity index (χ2v) is 14.9. The molecular weight excluding hydrogens is 286 g/mol. The molecule has 122 valence electrons. The van der Waals surface area contributed by atoms with Gasteiger partial charge in [0.05, 0.1) is 21.8 Å². The van der Waals surface area contributed by atoms with Crippen LogP contribution in [0.3, 0.4) is 0 Å². The van der Waals surface area contributed by atoms with Crippen molar-refractivity contribution < 1.29 is 8.63 Å². The normalized spacial score (nSPS) is 18.7. The van der Waals surface area contributed by atoms with E-state index in [1.807, 2.05) is 20.8 Å². The molecule has 0 aliphatic rings. The van der Waals surface area contributed by atoms with E-state index in [2.05, 4.69) is 52.4 Å². The van der Waals surface area contributed by atoms with Gasteiger partial charge in [-0.15, -0.1) is 0 Å². The van der Waals surface area contributed by atoms with Crippen molar-refractivity contribution in [3.05, 3.63) is 0 Å². The van der Waals surface area contributed by atoms with Gasteiger partial charge in [0.2, 0.25) is 0 Å². The maximum absolute atomic E-state index is 12.3. The number of rotatable bonds is 6. The zero-order valence-corrected chi connectivity index (χ0v) is 16.9. The first-order chi connectivity index (χ1) is 8.72. The Labute approximate surface area is 130 Å². The largest absolute Gasteiger partial charge is 0.413 e. The molecule has 1 unspecified atom stereocenters. The predicted molar refractivity (Wildman–Crippen MR) is 92.9 cm³/mol. The fourth-order valence-corrected chi connectivity index (χ4v) is 3.98. The van der Waals surface area contributed by atoms with Gasteiger partial charge in [-0.1, -0.05) is 27.7 Å². The molecule has 3 atom stereocenters. The molecule has 0 aliphatic carbocycles. The van der Waals surface area contributed by atoms with E-state index < -0.39 is 19.3 Å². The Bertz CT molecular complexity index is 332. The molecule has 20 heavy (non-hydrogen) atoms. The summed E-state index contributed by atoms with van der Waals surface area (Å²) >= 11 is 0. The molecular formula is C15H35NO2SSi. The first-order valence-corrected chi connectivity index (χ1v) is 11.6. The fraction of sp³-hybridized carbons (Fsp3) is 1.00. The van der Waals surface area contributed by atoms with Crippen LogP contribution in [0.4, 0.5) is 0 Å². The molecule has 0 rings (SSSR count). The molecule has 0 heterocycles. The molecule has 0 aliphatic heterocycles. The molecule has 0 spiro atoms. The van der Waals surface area contributed by atoms with Gasteiger partial charge >= 0.3 is 0 Å². The van der Waals surface area contributed by atoms with Gasteiger partial charge in [0.15, 0.2) is 8.32 Å². The molecule has 0 aromatic rings. The SMILES string of the molecule is CC[C@@H](NS(=O)C(C)(C)C)[C@H](C)O[Si](C)(C)C(C)(C)C. The average Bonchev–Trinajstić information content (AvgIpc) is 2.21. The van der Waals surface area contributed by atoms with Crippen LogP contribution in [0.15, 0.2) is 0 Å². The Kier molecular flexibility index (Phi) is 7.13. The highest BCUT2D eigenvalue weighted by Gasteiger charge is 2.39. The van der Waals surface area contributed by atoms with Crippen molar-refractivity contribution >= 4 is 19.3 Å². The Morgan fingerprint density at radius 1 is 1.15 bits per heavy atom. The van der Waals surface area contributed by atoms with E-state index in [-0.39, 0.29) is 21.9 Å². The summed E-state index contributed by atoms with van der Waals surface area (Å²) in [5.41, 5.74) is 0. The van der Waals surface area contributed by atoms with Crippen molar-refractivity contribution in [1.29, 1.82) is 0 Å². The minimum absolute atomic E-state index is 0.0761. The maximum atomic E-state index is 12.3. The van der Waals surface area contributed by atoms with Gasteiger partial charge in [-0.2, -0.15) is 0 Å². The van der Waals surface area contributed by atoms with Crippen LogP contribution in [0.1, 0.15) is 61.8 Å². The lowest BCUT2D eigenvalue weighted by molar-refractivity contribution is 0.161. The lowest BCUT2D eigenvalue weighted by Gasteiger charge is -2.40. The van der Waals surface area contributed by atoms with Crippen LogP contribution < -0.4 is 4.72 Å². The van der Waals surface area contributed by atoms with Gasteiger partial charge in [-0.3, -0.25) is 0 Å². The van der Waals surface area contributed by atoms with E-state index in [1.54, 1.807) is 0 Å². The zero-order chi connectivity index (χ0) is 16.4. The Morgan fingerprint density at radius 2 is 1.60 bits per heavy atom. The van der Waals surface area contributed by atoms with Crippen LogP contribution in [0.5, 0.6) is 0 Å². The molecule has 3 nitrogen and oxygen atoms in total. The zero-order valence-electron chi connectivity index (χ0n) is 15.1. The van der Waals surface area contributed by atoms with Gasteiger partial charge < -0.3 is 4.43 Å². The second kappa shape index (κ2) is 7.03. The second-order valence-electron chi connectivity index (χ2n) is 8.10. The van der Waals surface area contributed by atoms with Crippen molar-refractivity contribution in [2.75, 3.05) is 0 Å². The van der Waals surface area contributed by atoms with Gasteiger partial charge in [-0.25, -0.2) is 8.93 Å². The molecule has 1 N–H and O–H groups in total. The number of hydrogen-bond donors (Lipinski definition) is 1. The standard InChI is InChI=1S/C15H35NO2SSi/c1-11-13(16-19(17)14(3,4)5)12(2)18-20(9,10)15(6,7)8/h12-13,16H,11H2,1-10H3/t12-,13+,19?/m0/s1. The average molecular weight is 322 g/mol. The lowest BCUT2D eigenvalue weighted by atomic mass is 10.1. The number of nitrogens with one attached hydrogen (secondary N) is 1. The fourth-order valence-electron chi connectivity index (χ4n) is 1.55. The van der Waals surface area contributed by atoms with Crippen LogP contribution in [0.2, 0.25) is 18.1 Å². The third-order valence-electron chi connectivity index (χ3n) is 4.11. The van der Waals surface area contributed by atoms with Crippen LogP contribution in [-0.2, 0) is 15.4 Å². The highest BCUT2D eigenvalue weighted by Crippen LogP contribution is 2.37. The highest BCUT2D eigenvalue weighted by molar-refractivity contribution is 7.84. The van der Waals surface area contributed by atoms with Crippen molar-refractivity contribution in [2.24, 2.45) is 0 Å². The van der Waals surface area contributed by atoms with E-state index >= 15 is 0 Å².